The van der Waals surface area contributed by atoms with Crippen molar-refractivity contribution >= 4 is 50.2 Å². The maximum absolute atomic E-state index is 5.00. The molecule has 1 aliphatic rings. The summed E-state index contributed by atoms with van der Waals surface area (Å²) in [5.74, 6) is 0.892. The quantitative estimate of drug-likeness (QED) is 0.185. The molecule has 1 aliphatic carbocycles. The largest absolute Gasteiger partial charge is 0.296 e. The molecule has 0 radical (unpaired) electrons. The summed E-state index contributed by atoms with van der Waals surface area (Å²) >= 11 is 0. The number of hydrogen-bond acceptors (Lipinski definition) is 1. The van der Waals surface area contributed by atoms with Gasteiger partial charge in [-0.15, -0.1) is 0 Å². The van der Waals surface area contributed by atoms with Gasteiger partial charge in [-0.3, -0.25) is 4.57 Å². The standard InChI is InChI=1S/C45H34N2/c1-4-43-44(5-2)47(42-10-8-6-7-9-11-42)45(46-43)41-23-22-39-28-38(20-21-40(39)29-41)37-19-18-35-26-34(16-17-36(35)27-37)33-15-14-31-24-30(3)12-13-32(31)25-33/h4-10,12-29H,1-2,11H2,3H3. The van der Waals surface area contributed by atoms with Crippen molar-refractivity contribution in [2.24, 2.45) is 0 Å². The molecule has 0 saturated heterocycles. The van der Waals surface area contributed by atoms with Gasteiger partial charge in [0.1, 0.15) is 5.82 Å². The first-order chi connectivity index (χ1) is 23.1. The molecule has 1 heterocycles. The average Bonchev–Trinajstić information content (AvgIpc) is 3.27. The van der Waals surface area contributed by atoms with Crippen LogP contribution in [-0.2, 0) is 0 Å². The Kier molecular flexibility index (Phi) is 7.12. The molecule has 2 heteroatoms. The molecule has 7 aromatic rings. The summed E-state index contributed by atoms with van der Waals surface area (Å²) in [6.45, 7) is 10.2. The summed E-state index contributed by atoms with van der Waals surface area (Å²) < 4.78 is 2.21. The van der Waals surface area contributed by atoms with Crippen molar-refractivity contribution in [1.29, 1.82) is 0 Å². The molecule has 0 bridgehead atoms. The summed E-state index contributed by atoms with van der Waals surface area (Å²) in [5, 5.41) is 7.39. The number of aryl methyl sites for hydroxylation is 1. The molecule has 0 N–H and O–H groups in total. The van der Waals surface area contributed by atoms with E-state index in [-0.39, 0.29) is 0 Å². The Morgan fingerprint density at radius 3 is 1.57 bits per heavy atom. The van der Waals surface area contributed by atoms with Gasteiger partial charge in [0.05, 0.1) is 11.4 Å². The van der Waals surface area contributed by atoms with Crippen LogP contribution in [0.15, 0.2) is 153 Å². The van der Waals surface area contributed by atoms with Crippen LogP contribution in [0, 0.1) is 6.92 Å². The normalized spacial score (nSPS) is 12.8. The van der Waals surface area contributed by atoms with E-state index in [2.05, 4.69) is 164 Å². The molecule has 0 atom stereocenters. The molecule has 0 amide bonds. The van der Waals surface area contributed by atoms with E-state index >= 15 is 0 Å². The molecule has 0 unspecified atom stereocenters. The molecule has 47 heavy (non-hydrogen) atoms. The Morgan fingerprint density at radius 1 is 0.553 bits per heavy atom. The molecule has 8 rings (SSSR count). The number of benzene rings is 6. The average molecular weight is 603 g/mol. The van der Waals surface area contributed by atoms with Gasteiger partial charge in [0, 0.05) is 17.7 Å². The highest BCUT2D eigenvalue weighted by Crippen LogP contribution is 2.34. The number of fused-ring (bicyclic) bond motifs is 3. The Balaban J connectivity index is 1.12. The van der Waals surface area contributed by atoms with Gasteiger partial charge < -0.3 is 0 Å². The van der Waals surface area contributed by atoms with E-state index in [0.29, 0.717) is 0 Å². The zero-order chi connectivity index (χ0) is 31.9. The molecule has 1 aromatic heterocycles. The van der Waals surface area contributed by atoms with Gasteiger partial charge >= 0.3 is 0 Å². The predicted octanol–water partition coefficient (Wildman–Crippen LogP) is 12.3. The van der Waals surface area contributed by atoms with Crippen LogP contribution in [0.4, 0.5) is 0 Å². The Labute approximate surface area is 275 Å². The lowest BCUT2D eigenvalue weighted by atomic mass is 9.95. The maximum atomic E-state index is 5.00. The SMILES string of the molecule is C=Cc1nc(-c2ccc3cc(-c4ccc5cc(-c6ccc7cc(C)ccc7c6)ccc5c4)ccc3c2)n(C2=CC=CC=CC2)c1C=C. The van der Waals surface area contributed by atoms with E-state index in [4.69, 9.17) is 4.98 Å². The van der Waals surface area contributed by atoms with E-state index in [1.54, 1.807) is 0 Å². The second-order valence-corrected chi connectivity index (χ2v) is 12.2. The van der Waals surface area contributed by atoms with Gasteiger partial charge in [-0.2, -0.15) is 0 Å². The van der Waals surface area contributed by atoms with Crippen molar-refractivity contribution in [2.45, 2.75) is 13.3 Å². The molecule has 0 aliphatic heterocycles. The zero-order valence-corrected chi connectivity index (χ0v) is 26.4. The van der Waals surface area contributed by atoms with Crippen molar-refractivity contribution in [3.63, 3.8) is 0 Å². The van der Waals surface area contributed by atoms with Crippen LogP contribution in [0.5, 0.6) is 0 Å². The van der Waals surface area contributed by atoms with E-state index in [9.17, 15) is 0 Å². The van der Waals surface area contributed by atoms with Crippen LogP contribution in [0.2, 0.25) is 0 Å². The Morgan fingerprint density at radius 2 is 1.04 bits per heavy atom. The highest BCUT2D eigenvalue weighted by atomic mass is 15.1. The number of rotatable bonds is 6. The fourth-order valence-electron chi connectivity index (χ4n) is 6.73. The molecule has 0 fully saturated rings. The summed E-state index contributed by atoms with van der Waals surface area (Å²) in [6, 6.07) is 40.3. The predicted molar refractivity (Wildman–Crippen MR) is 203 cm³/mol. The Hall–Kier alpha value is -5.99. The molecule has 0 saturated carbocycles. The first kappa shape index (κ1) is 28.5. The van der Waals surface area contributed by atoms with Crippen LogP contribution in [0.25, 0.3) is 83.8 Å². The lowest BCUT2D eigenvalue weighted by Gasteiger charge is -2.14. The van der Waals surface area contributed by atoms with Crippen LogP contribution < -0.4 is 0 Å². The van der Waals surface area contributed by atoms with Crippen molar-refractivity contribution in [2.75, 3.05) is 0 Å². The smallest absolute Gasteiger partial charge is 0.145 e. The summed E-state index contributed by atoms with van der Waals surface area (Å²) in [4.78, 5) is 5.00. The number of aromatic nitrogens is 2. The van der Waals surface area contributed by atoms with Crippen molar-refractivity contribution in [3.8, 4) is 33.6 Å². The first-order valence-corrected chi connectivity index (χ1v) is 16.1. The van der Waals surface area contributed by atoms with E-state index in [1.807, 2.05) is 12.2 Å². The minimum Gasteiger partial charge on any atom is -0.296 e. The van der Waals surface area contributed by atoms with E-state index in [0.717, 1.165) is 34.9 Å². The van der Waals surface area contributed by atoms with Gasteiger partial charge in [-0.05, 0) is 110 Å². The highest BCUT2D eigenvalue weighted by Gasteiger charge is 2.18. The highest BCUT2D eigenvalue weighted by molar-refractivity contribution is 5.95. The second kappa shape index (κ2) is 11.7. The van der Waals surface area contributed by atoms with E-state index in [1.165, 1.54) is 60.1 Å². The topological polar surface area (TPSA) is 17.8 Å². The summed E-state index contributed by atoms with van der Waals surface area (Å²) in [7, 11) is 0. The monoisotopic (exact) mass is 602 g/mol. The van der Waals surface area contributed by atoms with Crippen LogP contribution in [-0.4, -0.2) is 9.55 Å². The third-order valence-corrected chi connectivity index (χ3v) is 9.19. The number of allylic oxidation sites excluding steroid dienone is 6. The third-order valence-electron chi connectivity index (χ3n) is 9.19. The third kappa shape index (κ3) is 5.24. The minimum absolute atomic E-state index is 0.807. The number of imidazole rings is 1. The van der Waals surface area contributed by atoms with Crippen molar-refractivity contribution < 1.29 is 0 Å². The molecular formula is C45H34N2. The lowest BCUT2D eigenvalue weighted by molar-refractivity contribution is 1.04. The summed E-state index contributed by atoms with van der Waals surface area (Å²) in [6.07, 6.45) is 15.0. The summed E-state index contributed by atoms with van der Waals surface area (Å²) in [5.41, 5.74) is 10.2. The van der Waals surface area contributed by atoms with Gasteiger partial charge in [0.2, 0.25) is 0 Å². The Bertz CT molecular complexity index is 2480. The fourth-order valence-corrected chi connectivity index (χ4v) is 6.73. The second-order valence-electron chi connectivity index (χ2n) is 12.2. The van der Waals surface area contributed by atoms with E-state index < -0.39 is 0 Å². The van der Waals surface area contributed by atoms with Gasteiger partial charge in [0.25, 0.3) is 0 Å². The van der Waals surface area contributed by atoms with Gasteiger partial charge in [-0.25, -0.2) is 4.98 Å². The van der Waals surface area contributed by atoms with Crippen LogP contribution in [0.3, 0.4) is 0 Å². The number of hydrogen-bond donors (Lipinski definition) is 0. The molecule has 6 aromatic carbocycles. The van der Waals surface area contributed by atoms with Gasteiger partial charge in [0.15, 0.2) is 0 Å². The number of nitrogens with zero attached hydrogens (tertiary/aromatic N) is 2. The molecule has 224 valence electrons. The molecule has 2 nitrogen and oxygen atoms in total. The lowest BCUT2D eigenvalue weighted by Crippen LogP contribution is -2.02. The first-order valence-electron chi connectivity index (χ1n) is 16.1. The maximum Gasteiger partial charge on any atom is 0.145 e. The van der Waals surface area contributed by atoms with Crippen molar-refractivity contribution in [1.82, 2.24) is 9.55 Å². The minimum atomic E-state index is 0.807. The van der Waals surface area contributed by atoms with Crippen LogP contribution >= 0.6 is 0 Å². The van der Waals surface area contributed by atoms with Crippen molar-refractivity contribution in [3.05, 3.63) is 170 Å². The van der Waals surface area contributed by atoms with Gasteiger partial charge in [-0.1, -0.05) is 122 Å². The fraction of sp³-hybridized carbons (Fsp3) is 0.0444. The molecular weight excluding hydrogens is 569 g/mol. The molecule has 0 spiro atoms. The zero-order valence-electron chi connectivity index (χ0n) is 26.4. The van der Waals surface area contributed by atoms with Crippen LogP contribution in [0.1, 0.15) is 23.4 Å².